The maximum Gasteiger partial charge on any atom is 0.496 e. The van der Waals surface area contributed by atoms with Gasteiger partial charge in [0.1, 0.15) is 5.82 Å². The highest BCUT2D eigenvalue weighted by atomic mass is 16.7. The summed E-state index contributed by atoms with van der Waals surface area (Å²) < 4.78 is 17.5. The highest BCUT2D eigenvalue weighted by Crippen LogP contribution is 2.36. The number of nitrogens with zero attached hydrogens (tertiary/aromatic N) is 3. The Balaban J connectivity index is 1.82. The molecule has 0 aliphatic carbocycles. The molecule has 7 nitrogen and oxygen atoms in total. The van der Waals surface area contributed by atoms with Crippen LogP contribution in [0.25, 0.3) is 0 Å². The van der Waals surface area contributed by atoms with E-state index in [9.17, 15) is 4.79 Å². The summed E-state index contributed by atoms with van der Waals surface area (Å²) in [5.41, 5.74) is 0.0219. The van der Waals surface area contributed by atoms with Crippen LogP contribution in [0.1, 0.15) is 34.6 Å². The molecule has 0 aromatic carbocycles. The fourth-order valence-electron chi connectivity index (χ4n) is 3.01. The van der Waals surface area contributed by atoms with Crippen LogP contribution in [0.3, 0.4) is 0 Å². The normalized spacial score (nSPS) is 22.3. The van der Waals surface area contributed by atoms with Gasteiger partial charge < -0.3 is 14.0 Å². The van der Waals surface area contributed by atoms with Crippen molar-refractivity contribution in [1.82, 2.24) is 9.99 Å². The first-order valence-corrected chi connectivity index (χ1v) is 9.36. The summed E-state index contributed by atoms with van der Waals surface area (Å²) in [6.07, 6.45) is 4.99. The van der Waals surface area contributed by atoms with Gasteiger partial charge in [0, 0.05) is 30.8 Å². The Morgan fingerprint density at radius 3 is 2.33 bits per heavy atom. The Bertz CT molecular complexity index is 683. The highest BCUT2D eigenvalue weighted by Gasteiger charge is 2.51. The molecule has 27 heavy (non-hydrogen) atoms. The number of amides is 1. The molecule has 3 rings (SSSR count). The maximum atomic E-state index is 12.6. The molecule has 2 saturated heterocycles. The molecule has 146 valence electrons. The molecule has 3 heterocycles. The highest BCUT2D eigenvalue weighted by molar-refractivity contribution is 6.62. The third-order valence-electron chi connectivity index (χ3n) is 5.30. The molecular weight excluding hydrogens is 345 g/mol. The average Bonchev–Trinajstić information content (AvgIpc) is 2.84. The number of rotatable bonds is 4. The molecule has 1 amide bonds. The number of ether oxygens (including phenoxy) is 1. The summed E-state index contributed by atoms with van der Waals surface area (Å²) >= 11 is 0. The van der Waals surface area contributed by atoms with Gasteiger partial charge in [-0.3, -0.25) is 4.79 Å². The summed E-state index contributed by atoms with van der Waals surface area (Å²) in [6.45, 7) is 12.4. The molecule has 8 heteroatoms. The Morgan fingerprint density at radius 1 is 1.19 bits per heavy atom. The number of hydrogen-bond donors (Lipinski definition) is 0. The third kappa shape index (κ3) is 4.08. The number of hydrazine groups is 1. The number of anilines is 1. The lowest BCUT2D eigenvalue weighted by Gasteiger charge is -2.35. The molecule has 1 aromatic heterocycles. The van der Waals surface area contributed by atoms with Crippen molar-refractivity contribution in [1.29, 1.82) is 0 Å². The van der Waals surface area contributed by atoms with E-state index in [0.29, 0.717) is 32.1 Å². The van der Waals surface area contributed by atoms with E-state index < -0.39 is 18.3 Å². The number of allylic oxidation sites excluding steroid dienone is 1. The van der Waals surface area contributed by atoms with Crippen LogP contribution in [-0.4, -0.2) is 60.5 Å². The Labute approximate surface area is 161 Å². The van der Waals surface area contributed by atoms with Crippen LogP contribution in [-0.2, 0) is 18.8 Å². The van der Waals surface area contributed by atoms with Crippen LogP contribution < -0.4 is 10.5 Å². The van der Waals surface area contributed by atoms with Crippen LogP contribution in [0.5, 0.6) is 0 Å². The number of hydrogen-bond acceptors (Lipinski definition) is 6. The fourth-order valence-corrected chi connectivity index (χ4v) is 3.01. The molecule has 2 aliphatic heterocycles. The molecular formula is C19H28BN3O4. The Morgan fingerprint density at radius 2 is 1.81 bits per heavy atom. The number of morpholine rings is 1. The SMILES string of the molecule is C/C=C/C(=O)N(c1ccc(B2OC(C)(C)C(C)(C)O2)cn1)N1CCOCC1. The van der Waals surface area contributed by atoms with Crippen LogP contribution in [0.2, 0.25) is 0 Å². The molecule has 2 fully saturated rings. The minimum Gasteiger partial charge on any atom is -0.399 e. The van der Waals surface area contributed by atoms with Crippen LogP contribution in [0.4, 0.5) is 5.82 Å². The van der Waals surface area contributed by atoms with Gasteiger partial charge in [0.2, 0.25) is 0 Å². The van der Waals surface area contributed by atoms with Crippen LogP contribution >= 0.6 is 0 Å². The minimum absolute atomic E-state index is 0.129. The third-order valence-corrected chi connectivity index (χ3v) is 5.30. The zero-order chi connectivity index (χ0) is 19.7. The molecule has 1 aromatic rings. The number of carbonyl (C=O) groups is 1. The quantitative estimate of drug-likeness (QED) is 0.589. The molecule has 0 radical (unpaired) electrons. The van der Waals surface area contributed by atoms with Gasteiger partial charge in [-0.1, -0.05) is 12.1 Å². The number of carbonyl (C=O) groups excluding carboxylic acids is 1. The summed E-state index contributed by atoms with van der Waals surface area (Å²) in [4.78, 5) is 17.1. The molecule has 0 atom stereocenters. The second kappa shape index (κ2) is 7.71. The first-order valence-electron chi connectivity index (χ1n) is 9.36. The predicted molar refractivity (Wildman–Crippen MR) is 105 cm³/mol. The van der Waals surface area contributed by atoms with Gasteiger partial charge in [-0.05, 0) is 40.7 Å². The van der Waals surface area contributed by atoms with E-state index >= 15 is 0 Å². The van der Waals surface area contributed by atoms with Crippen molar-refractivity contribution in [2.24, 2.45) is 0 Å². The summed E-state index contributed by atoms with van der Waals surface area (Å²) in [6, 6.07) is 3.73. The lowest BCUT2D eigenvalue weighted by molar-refractivity contribution is -0.118. The van der Waals surface area contributed by atoms with E-state index in [0.717, 1.165) is 5.46 Å². The molecule has 0 saturated carbocycles. The standard InChI is InChI=1S/C19H28BN3O4/c1-6-7-17(24)23(22-10-12-25-13-11-22)16-9-8-15(14-21-16)20-26-18(2,3)19(4,5)27-20/h6-9,14H,10-13H2,1-5H3/b7-6+. The maximum absolute atomic E-state index is 12.6. The minimum atomic E-state index is -0.473. The van der Waals surface area contributed by atoms with Crippen molar-refractivity contribution in [3.63, 3.8) is 0 Å². The van der Waals surface area contributed by atoms with Gasteiger partial charge in [0.15, 0.2) is 0 Å². The van der Waals surface area contributed by atoms with E-state index in [-0.39, 0.29) is 5.91 Å². The van der Waals surface area contributed by atoms with Crippen molar-refractivity contribution in [3.8, 4) is 0 Å². The summed E-state index contributed by atoms with van der Waals surface area (Å²) in [7, 11) is -0.473. The smallest absolute Gasteiger partial charge is 0.399 e. The molecule has 0 spiro atoms. The zero-order valence-electron chi connectivity index (χ0n) is 16.8. The molecule has 2 aliphatic rings. The Kier molecular flexibility index (Phi) is 5.72. The summed E-state index contributed by atoms with van der Waals surface area (Å²) in [5, 5.41) is 3.57. The van der Waals surface area contributed by atoms with Crippen molar-refractivity contribution in [2.45, 2.75) is 45.8 Å². The first kappa shape index (κ1) is 20.0. The van der Waals surface area contributed by atoms with E-state index in [1.807, 2.05) is 51.8 Å². The van der Waals surface area contributed by atoms with Gasteiger partial charge >= 0.3 is 7.12 Å². The van der Waals surface area contributed by atoms with E-state index in [2.05, 4.69) is 4.98 Å². The largest absolute Gasteiger partial charge is 0.496 e. The van der Waals surface area contributed by atoms with Gasteiger partial charge in [0.05, 0.1) is 24.4 Å². The van der Waals surface area contributed by atoms with Gasteiger partial charge in [-0.25, -0.2) is 15.0 Å². The average molecular weight is 373 g/mol. The van der Waals surface area contributed by atoms with E-state index in [1.165, 1.54) is 0 Å². The van der Waals surface area contributed by atoms with Crippen LogP contribution in [0, 0.1) is 0 Å². The predicted octanol–water partition coefficient (Wildman–Crippen LogP) is 1.54. The molecule has 0 N–H and O–H groups in total. The Hall–Kier alpha value is -1.74. The van der Waals surface area contributed by atoms with E-state index in [4.69, 9.17) is 14.0 Å². The van der Waals surface area contributed by atoms with Crippen molar-refractivity contribution in [3.05, 3.63) is 30.5 Å². The van der Waals surface area contributed by atoms with Gasteiger partial charge in [-0.2, -0.15) is 0 Å². The second-order valence-corrected chi connectivity index (χ2v) is 7.75. The number of pyridine rings is 1. The van der Waals surface area contributed by atoms with Crippen molar-refractivity contribution >= 4 is 24.3 Å². The van der Waals surface area contributed by atoms with Crippen molar-refractivity contribution < 1.29 is 18.8 Å². The zero-order valence-corrected chi connectivity index (χ0v) is 16.8. The first-order chi connectivity index (χ1) is 12.7. The summed E-state index contributed by atoms with van der Waals surface area (Å²) in [5.74, 6) is 0.440. The van der Waals surface area contributed by atoms with Crippen LogP contribution in [0.15, 0.2) is 30.5 Å². The van der Waals surface area contributed by atoms with Gasteiger partial charge in [-0.15, -0.1) is 0 Å². The topological polar surface area (TPSA) is 64.1 Å². The number of aromatic nitrogens is 1. The molecule has 0 bridgehead atoms. The monoisotopic (exact) mass is 373 g/mol. The lowest BCUT2D eigenvalue weighted by atomic mass is 9.80. The van der Waals surface area contributed by atoms with E-state index in [1.54, 1.807) is 23.4 Å². The van der Waals surface area contributed by atoms with Crippen molar-refractivity contribution in [2.75, 3.05) is 31.3 Å². The fraction of sp³-hybridized carbons (Fsp3) is 0.579. The van der Waals surface area contributed by atoms with Gasteiger partial charge in [0.25, 0.3) is 5.91 Å². The lowest BCUT2D eigenvalue weighted by Crippen LogP contribution is -2.52. The second-order valence-electron chi connectivity index (χ2n) is 7.75. The molecule has 0 unspecified atom stereocenters.